The summed E-state index contributed by atoms with van der Waals surface area (Å²) in [5.41, 5.74) is 8.25. The molecule has 0 N–H and O–H groups in total. The molecule has 1 aromatic heterocycles. The molecule has 0 saturated heterocycles. The molecule has 5 aromatic carbocycles. The molecule has 0 fully saturated rings. The molecule has 6 rings (SSSR count). The smallest absolute Gasteiger partial charge is 0.345 e. The zero-order valence-electron chi connectivity index (χ0n) is 23.4. The highest BCUT2D eigenvalue weighted by Gasteiger charge is 2.30. The monoisotopic (exact) mass is 549 g/mol. The molecule has 0 spiro atoms. The first-order valence-electron chi connectivity index (χ1n) is 13.5. The number of hydrogen-bond donors (Lipinski definition) is 0. The van der Waals surface area contributed by atoms with Crippen molar-refractivity contribution in [1.29, 1.82) is 0 Å². The second-order valence-corrected chi connectivity index (χ2v) is 10.6. The molecule has 0 aliphatic carbocycles. The van der Waals surface area contributed by atoms with Gasteiger partial charge in [-0.25, -0.2) is 0 Å². The van der Waals surface area contributed by atoms with Crippen molar-refractivity contribution in [2.75, 3.05) is 23.9 Å². The topological polar surface area (TPSA) is 11.4 Å². The maximum atomic E-state index is 13.4. The van der Waals surface area contributed by atoms with Gasteiger partial charge in [-0.2, -0.15) is 13.2 Å². The molecular weight excluding hydrogens is 519 g/mol. The summed E-state index contributed by atoms with van der Waals surface area (Å²) in [6.07, 6.45) is -4.40. The van der Waals surface area contributed by atoms with Crippen LogP contribution in [0.3, 0.4) is 0 Å². The number of nitrogens with zero attached hydrogens (tertiary/aromatic N) is 3. The van der Waals surface area contributed by atoms with E-state index < -0.39 is 11.7 Å². The van der Waals surface area contributed by atoms with Gasteiger partial charge in [-0.1, -0.05) is 30.3 Å². The normalized spacial score (nSPS) is 11.8. The van der Waals surface area contributed by atoms with Gasteiger partial charge in [0.25, 0.3) is 0 Å². The van der Waals surface area contributed by atoms with Crippen LogP contribution >= 0.6 is 0 Å². The number of fused-ring (bicyclic) bond motifs is 3. The lowest BCUT2D eigenvalue weighted by Gasteiger charge is -2.21. The summed E-state index contributed by atoms with van der Waals surface area (Å²) in [6, 6.07) is 34.8. The SMILES string of the molecule is Cc1cccc(N(C)c2ccc3c(c2)c2cc(N(C)c4cccc(C(F)(F)F)c4)ccc2n3-c2cccc(C)c2)c1. The molecule has 0 saturated carbocycles. The van der Waals surface area contributed by atoms with Crippen LogP contribution in [-0.4, -0.2) is 18.7 Å². The van der Waals surface area contributed by atoms with Crippen molar-refractivity contribution in [3.05, 3.63) is 126 Å². The minimum Gasteiger partial charge on any atom is -0.345 e. The Kier molecular flexibility index (Phi) is 6.49. The molecule has 0 amide bonds. The van der Waals surface area contributed by atoms with E-state index in [4.69, 9.17) is 0 Å². The molecule has 0 aliphatic rings. The van der Waals surface area contributed by atoms with E-state index >= 15 is 0 Å². The predicted molar refractivity (Wildman–Crippen MR) is 164 cm³/mol. The number of aryl methyl sites for hydroxylation is 2. The fourth-order valence-corrected chi connectivity index (χ4v) is 5.49. The van der Waals surface area contributed by atoms with E-state index in [9.17, 15) is 13.2 Å². The van der Waals surface area contributed by atoms with E-state index in [-0.39, 0.29) is 0 Å². The van der Waals surface area contributed by atoms with Crippen LogP contribution < -0.4 is 9.80 Å². The highest BCUT2D eigenvalue weighted by molar-refractivity contribution is 6.11. The zero-order chi connectivity index (χ0) is 28.9. The predicted octanol–water partition coefficient (Wildman–Crippen LogP) is 9.96. The molecule has 0 radical (unpaired) electrons. The van der Waals surface area contributed by atoms with E-state index in [0.29, 0.717) is 5.69 Å². The second kappa shape index (κ2) is 10.0. The van der Waals surface area contributed by atoms with Gasteiger partial charge in [-0.05, 0) is 104 Å². The maximum Gasteiger partial charge on any atom is 0.416 e. The van der Waals surface area contributed by atoms with Crippen molar-refractivity contribution < 1.29 is 13.2 Å². The third-order valence-corrected chi connectivity index (χ3v) is 7.72. The molecule has 3 nitrogen and oxygen atoms in total. The van der Waals surface area contributed by atoms with E-state index in [1.54, 1.807) is 18.0 Å². The highest BCUT2D eigenvalue weighted by atomic mass is 19.4. The summed E-state index contributed by atoms with van der Waals surface area (Å²) < 4.78 is 42.5. The lowest BCUT2D eigenvalue weighted by atomic mass is 10.1. The summed E-state index contributed by atoms with van der Waals surface area (Å²) in [4.78, 5) is 3.97. The lowest BCUT2D eigenvalue weighted by molar-refractivity contribution is -0.137. The Bertz CT molecular complexity index is 1900. The first-order chi connectivity index (χ1) is 19.6. The van der Waals surface area contributed by atoms with Gasteiger partial charge in [0.2, 0.25) is 0 Å². The molecule has 6 aromatic rings. The average Bonchev–Trinajstić information content (AvgIpc) is 3.29. The van der Waals surface area contributed by atoms with Crippen LogP contribution in [0.2, 0.25) is 0 Å². The molecule has 6 heteroatoms. The summed E-state index contributed by atoms with van der Waals surface area (Å²) in [5, 5.41) is 2.09. The van der Waals surface area contributed by atoms with Crippen LogP contribution in [0.5, 0.6) is 0 Å². The minimum absolute atomic E-state index is 0.474. The van der Waals surface area contributed by atoms with Crippen LogP contribution in [0.15, 0.2) is 109 Å². The molecule has 1 heterocycles. The quantitative estimate of drug-likeness (QED) is 0.212. The van der Waals surface area contributed by atoms with Crippen LogP contribution in [0.1, 0.15) is 16.7 Å². The van der Waals surface area contributed by atoms with Crippen molar-refractivity contribution in [3.8, 4) is 5.69 Å². The molecule has 41 heavy (non-hydrogen) atoms. The average molecular weight is 550 g/mol. The van der Waals surface area contributed by atoms with Crippen LogP contribution in [-0.2, 0) is 6.18 Å². The molecule has 0 bridgehead atoms. The fraction of sp³-hybridized carbons (Fsp3) is 0.143. The van der Waals surface area contributed by atoms with Gasteiger partial charge < -0.3 is 14.4 Å². The summed E-state index contributed by atoms with van der Waals surface area (Å²) >= 11 is 0. The van der Waals surface area contributed by atoms with Gasteiger partial charge in [0.05, 0.1) is 16.6 Å². The Morgan fingerprint density at radius 3 is 1.56 bits per heavy atom. The number of hydrogen-bond acceptors (Lipinski definition) is 2. The van der Waals surface area contributed by atoms with Gasteiger partial charge in [0.1, 0.15) is 0 Å². The van der Waals surface area contributed by atoms with E-state index in [1.165, 1.54) is 17.7 Å². The lowest BCUT2D eigenvalue weighted by Crippen LogP contribution is -2.11. The fourth-order valence-electron chi connectivity index (χ4n) is 5.49. The van der Waals surface area contributed by atoms with Gasteiger partial charge in [0.15, 0.2) is 0 Å². The van der Waals surface area contributed by atoms with Crippen LogP contribution in [0, 0.1) is 13.8 Å². The maximum absolute atomic E-state index is 13.4. The number of rotatable bonds is 5. The third kappa shape index (κ3) is 4.91. The van der Waals surface area contributed by atoms with Gasteiger partial charge in [0, 0.05) is 53.3 Å². The number of alkyl halides is 3. The molecular formula is C35H30F3N3. The number of aromatic nitrogens is 1. The van der Waals surface area contributed by atoms with E-state index in [1.807, 2.05) is 6.07 Å². The second-order valence-electron chi connectivity index (χ2n) is 10.6. The van der Waals surface area contributed by atoms with Gasteiger partial charge >= 0.3 is 6.18 Å². The number of benzene rings is 5. The Morgan fingerprint density at radius 2 is 1.02 bits per heavy atom. The largest absolute Gasteiger partial charge is 0.416 e. The summed E-state index contributed by atoms with van der Waals surface area (Å²) in [5.74, 6) is 0. The summed E-state index contributed by atoms with van der Waals surface area (Å²) in [7, 11) is 3.86. The van der Waals surface area contributed by atoms with Crippen molar-refractivity contribution in [1.82, 2.24) is 4.57 Å². The Labute approximate surface area is 237 Å². The highest BCUT2D eigenvalue weighted by Crippen LogP contribution is 2.39. The van der Waals surface area contributed by atoms with Crippen molar-refractivity contribution in [2.45, 2.75) is 20.0 Å². The van der Waals surface area contributed by atoms with Crippen molar-refractivity contribution in [3.63, 3.8) is 0 Å². The zero-order valence-corrected chi connectivity index (χ0v) is 23.4. The van der Waals surface area contributed by atoms with Crippen molar-refractivity contribution in [2.24, 2.45) is 0 Å². The van der Waals surface area contributed by atoms with Crippen LogP contribution in [0.25, 0.3) is 27.5 Å². The molecule has 206 valence electrons. The molecule has 0 unspecified atom stereocenters. The van der Waals surface area contributed by atoms with Crippen LogP contribution in [0.4, 0.5) is 35.9 Å². The number of anilines is 4. The van der Waals surface area contributed by atoms with E-state index in [2.05, 4.69) is 109 Å². The van der Waals surface area contributed by atoms with E-state index in [0.717, 1.165) is 56.2 Å². The third-order valence-electron chi connectivity index (χ3n) is 7.72. The van der Waals surface area contributed by atoms with Gasteiger partial charge in [-0.3, -0.25) is 0 Å². The van der Waals surface area contributed by atoms with Crippen molar-refractivity contribution >= 4 is 44.6 Å². The molecule has 0 aliphatic heterocycles. The first kappa shape index (κ1) is 26.5. The molecule has 0 atom stereocenters. The first-order valence-corrected chi connectivity index (χ1v) is 13.5. The Hall–Kier alpha value is -4.71. The standard InChI is InChI=1S/C35H30F3N3/c1-23-8-5-11-26(18-23)39(3)28-14-16-33-31(21-28)32-22-29(40(4)27-12-7-10-25(20-27)35(36,37)38)15-17-34(32)41(33)30-13-6-9-24(2)19-30/h5-22H,1-4H3. The number of halogens is 3. The Balaban J connectivity index is 1.54. The minimum atomic E-state index is -4.40. The summed E-state index contributed by atoms with van der Waals surface area (Å²) in [6.45, 7) is 4.16. The van der Waals surface area contributed by atoms with Gasteiger partial charge in [-0.15, -0.1) is 0 Å². The Morgan fingerprint density at radius 1 is 0.537 bits per heavy atom.